The van der Waals surface area contributed by atoms with Crippen LogP contribution in [0.5, 0.6) is 11.5 Å². The van der Waals surface area contributed by atoms with E-state index in [0.717, 1.165) is 11.1 Å². The second-order valence-corrected chi connectivity index (χ2v) is 9.44. The lowest BCUT2D eigenvalue weighted by atomic mass is 10.0. The highest BCUT2D eigenvalue weighted by molar-refractivity contribution is 7.89. The highest BCUT2D eigenvalue weighted by atomic mass is 32.2. The van der Waals surface area contributed by atoms with E-state index in [4.69, 9.17) is 14.2 Å². The van der Waals surface area contributed by atoms with Gasteiger partial charge in [0.15, 0.2) is 11.5 Å². The van der Waals surface area contributed by atoms with Crippen LogP contribution in [0.2, 0.25) is 0 Å². The molecule has 0 aromatic heterocycles. The van der Waals surface area contributed by atoms with Crippen molar-refractivity contribution in [3.05, 3.63) is 53.6 Å². The number of aryl methyl sites for hydroxylation is 1. The summed E-state index contributed by atoms with van der Waals surface area (Å²) in [7, 11) is -3.72. The molecule has 1 unspecified atom stereocenters. The van der Waals surface area contributed by atoms with Crippen molar-refractivity contribution >= 4 is 10.0 Å². The number of hydrogen-bond acceptors (Lipinski definition) is 5. The van der Waals surface area contributed by atoms with Crippen molar-refractivity contribution in [1.29, 1.82) is 0 Å². The van der Waals surface area contributed by atoms with Crippen LogP contribution in [-0.2, 0) is 14.8 Å². The maximum absolute atomic E-state index is 13.4. The average molecular weight is 389 g/mol. The topological polar surface area (TPSA) is 65.1 Å². The van der Waals surface area contributed by atoms with Gasteiger partial charge in [0.05, 0.1) is 23.1 Å². The van der Waals surface area contributed by atoms with E-state index in [1.165, 1.54) is 10.4 Å². The van der Waals surface area contributed by atoms with Gasteiger partial charge in [0, 0.05) is 12.6 Å². The molecule has 2 aliphatic rings. The quantitative estimate of drug-likeness (QED) is 0.806. The summed E-state index contributed by atoms with van der Waals surface area (Å²) in [5, 5.41) is 0. The third-order valence-electron chi connectivity index (χ3n) is 5.03. The Morgan fingerprint density at radius 3 is 2.48 bits per heavy atom. The molecule has 0 radical (unpaired) electrons. The summed E-state index contributed by atoms with van der Waals surface area (Å²) in [4.78, 5) is 0.199. The number of sulfonamides is 1. The molecule has 7 heteroatoms. The van der Waals surface area contributed by atoms with Crippen LogP contribution in [0.1, 0.15) is 31.1 Å². The van der Waals surface area contributed by atoms with Crippen molar-refractivity contribution in [2.24, 2.45) is 0 Å². The first-order valence-corrected chi connectivity index (χ1v) is 10.3. The lowest BCUT2D eigenvalue weighted by molar-refractivity contribution is -0.0655. The zero-order valence-corrected chi connectivity index (χ0v) is 16.5. The Balaban J connectivity index is 1.67. The summed E-state index contributed by atoms with van der Waals surface area (Å²) in [6.45, 7) is 6.45. The Hall–Kier alpha value is -2.09. The predicted molar refractivity (Wildman–Crippen MR) is 100 cm³/mol. The molecule has 0 saturated carbocycles. The number of fused-ring (bicyclic) bond motifs is 1. The maximum Gasteiger partial charge on any atom is 0.243 e. The Morgan fingerprint density at radius 2 is 1.74 bits per heavy atom. The molecule has 6 nitrogen and oxygen atoms in total. The van der Waals surface area contributed by atoms with E-state index < -0.39 is 15.6 Å². The number of nitrogens with zero attached hydrogens (tertiary/aromatic N) is 1. The van der Waals surface area contributed by atoms with E-state index in [9.17, 15) is 8.42 Å². The van der Waals surface area contributed by atoms with Crippen molar-refractivity contribution in [3.63, 3.8) is 0 Å². The minimum absolute atomic E-state index is 0.109. The molecule has 1 fully saturated rings. The molecule has 144 valence electrons. The lowest BCUT2D eigenvalue weighted by Crippen LogP contribution is -2.56. The minimum atomic E-state index is -3.72. The fourth-order valence-corrected chi connectivity index (χ4v) is 5.18. The summed E-state index contributed by atoms with van der Waals surface area (Å²) in [5.74, 6) is 1.02. The molecule has 0 amide bonds. The number of ether oxygens (including phenoxy) is 3. The molecule has 2 heterocycles. The summed E-state index contributed by atoms with van der Waals surface area (Å²) in [6, 6.07) is 12.7. The SMILES string of the molecule is Cc1ccc(C2CN(S(=O)(=O)c3ccc4c(c3)OCO4)C(C)(C)CO2)cc1. The summed E-state index contributed by atoms with van der Waals surface area (Å²) in [6.07, 6.45) is -0.303. The minimum Gasteiger partial charge on any atom is -0.454 e. The monoisotopic (exact) mass is 389 g/mol. The fourth-order valence-electron chi connectivity index (χ4n) is 3.40. The number of benzene rings is 2. The molecule has 0 aliphatic carbocycles. The standard InChI is InChI=1S/C20H23NO5S/c1-14-4-6-15(7-5-14)19-11-21(20(2,3)12-24-19)27(22,23)16-8-9-17-18(10-16)26-13-25-17/h4-10,19H,11-13H2,1-3H3. The van der Waals surface area contributed by atoms with Gasteiger partial charge in [-0.2, -0.15) is 4.31 Å². The van der Waals surface area contributed by atoms with Crippen LogP contribution in [0.4, 0.5) is 0 Å². The summed E-state index contributed by atoms with van der Waals surface area (Å²) >= 11 is 0. The van der Waals surface area contributed by atoms with Gasteiger partial charge in [-0.05, 0) is 38.5 Å². The van der Waals surface area contributed by atoms with Gasteiger partial charge in [-0.25, -0.2) is 8.42 Å². The van der Waals surface area contributed by atoms with Gasteiger partial charge in [-0.1, -0.05) is 29.8 Å². The molecular formula is C20H23NO5S. The summed E-state index contributed by atoms with van der Waals surface area (Å²) < 4.78 is 45.0. The lowest BCUT2D eigenvalue weighted by Gasteiger charge is -2.44. The van der Waals surface area contributed by atoms with Crippen molar-refractivity contribution in [3.8, 4) is 11.5 Å². The molecule has 0 N–H and O–H groups in total. The molecule has 2 aromatic rings. The van der Waals surface area contributed by atoms with Crippen LogP contribution < -0.4 is 9.47 Å². The summed E-state index contributed by atoms with van der Waals surface area (Å²) in [5.41, 5.74) is 1.47. The van der Waals surface area contributed by atoms with E-state index in [2.05, 4.69) is 0 Å². The van der Waals surface area contributed by atoms with Crippen molar-refractivity contribution in [2.45, 2.75) is 37.3 Å². The largest absolute Gasteiger partial charge is 0.454 e. The van der Waals surface area contributed by atoms with Gasteiger partial charge in [0.25, 0.3) is 0 Å². The van der Waals surface area contributed by atoms with Crippen molar-refractivity contribution < 1.29 is 22.6 Å². The highest BCUT2D eigenvalue weighted by Crippen LogP contribution is 2.38. The molecule has 1 atom stereocenters. The van der Waals surface area contributed by atoms with Crippen molar-refractivity contribution in [2.75, 3.05) is 19.9 Å². The third kappa shape index (κ3) is 3.31. The molecule has 0 bridgehead atoms. The molecule has 2 aromatic carbocycles. The average Bonchev–Trinajstić information content (AvgIpc) is 3.10. The van der Waals surface area contributed by atoms with Crippen LogP contribution in [0.25, 0.3) is 0 Å². The van der Waals surface area contributed by atoms with Crippen molar-refractivity contribution in [1.82, 2.24) is 4.31 Å². The van der Waals surface area contributed by atoms with Crippen LogP contribution in [0, 0.1) is 6.92 Å². The first-order valence-electron chi connectivity index (χ1n) is 8.88. The second kappa shape index (κ2) is 6.51. The Labute approximate surface area is 159 Å². The molecule has 0 spiro atoms. The normalized spacial score (nSPS) is 22.0. The molecule has 1 saturated heterocycles. The zero-order valence-electron chi connectivity index (χ0n) is 15.6. The van der Waals surface area contributed by atoms with Gasteiger partial charge < -0.3 is 14.2 Å². The van der Waals surface area contributed by atoms with Gasteiger partial charge >= 0.3 is 0 Å². The smallest absolute Gasteiger partial charge is 0.243 e. The molecule has 4 rings (SSSR count). The van der Waals surface area contributed by atoms with E-state index in [1.807, 2.05) is 45.0 Å². The third-order valence-corrected chi connectivity index (χ3v) is 7.10. The van der Waals surface area contributed by atoms with Gasteiger partial charge in [-0.15, -0.1) is 0 Å². The maximum atomic E-state index is 13.4. The van der Waals surface area contributed by atoms with Crippen LogP contribution in [0.3, 0.4) is 0 Å². The molecule has 2 aliphatic heterocycles. The Kier molecular flexibility index (Phi) is 4.41. The van der Waals surface area contributed by atoms with E-state index in [0.29, 0.717) is 18.1 Å². The Bertz CT molecular complexity index is 953. The fraction of sp³-hybridized carbons (Fsp3) is 0.400. The second-order valence-electron chi connectivity index (χ2n) is 7.57. The van der Waals surface area contributed by atoms with Crippen LogP contribution in [-0.4, -0.2) is 38.2 Å². The predicted octanol–water partition coefficient (Wildman–Crippen LogP) is 3.26. The molecular weight excluding hydrogens is 366 g/mol. The van der Waals surface area contributed by atoms with Crippen LogP contribution in [0.15, 0.2) is 47.4 Å². The highest BCUT2D eigenvalue weighted by Gasteiger charge is 2.43. The first kappa shape index (κ1) is 18.3. The zero-order chi connectivity index (χ0) is 19.2. The van der Waals surface area contributed by atoms with E-state index in [1.54, 1.807) is 12.1 Å². The number of hydrogen-bond donors (Lipinski definition) is 0. The molecule has 27 heavy (non-hydrogen) atoms. The van der Waals surface area contributed by atoms with Gasteiger partial charge in [-0.3, -0.25) is 0 Å². The Morgan fingerprint density at radius 1 is 1.04 bits per heavy atom. The number of rotatable bonds is 3. The van der Waals surface area contributed by atoms with E-state index in [-0.39, 0.29) is 24.3 Å². The van der Waals surface area contributed by atoms with Gasteiger partial charge in [0.1, 0.15) is 0 Å². The first-order chi connectivity index (χ1) is 12.8. The van der Waals surface area contributed by atoms with Gasteiger partial charge in [0.2, 0.25) is 16.8 Å². The van der Waals surface area contributed by atoms with Crippen LogP contribution >= 0.6 is 0 Å². The van der Waals surface area contributed by atoms with E-state index >= 15 is 0 Å². The number of morpholine rings is 1.